The molecule has 2 aliphatic carbocycles. The molecule has 0 aromatic carbocycles. The summed E-state index contributed by atoms with van der Waals surface area (Å²) >= 11 is 0. The van der Waals surface area contributed by atoms with Crippen LogP contribution in [-0.4, -0.2) is 10.9 Å². The predicted octanol–water partition coefficient (Wildman–Crippen LogP) is 4.76. The Balaban J connectivity index is 2.09. The number of Topliss-reactive ketones (excluding diaryl/α,β-unsaturated/α-hetero) is 1. The van der Waals surface area contributed by atoms with Crippen molar-refractivity contribution < 1.29 is 9.90 Å². The van der Waals surface area contributed by atoms with E-state index in [-0.39, 0.29) is 17.5 Å². The van der Waals surface area contributed by atoms with Crippen LogP contribution in [0, 0.1) is 23.7 Å². The largest absolute Gasteiger partial charge is 0.512 e. The van der Waals surface area contributed by atoms with Crippen molar-refractivity contribution in [3.8, 4) is 0 Å². The number of rotatable bonds is 4. The fraction of sp³-hybridized carbons (Fsp3) is 0.526. The van der Waals surface area contributed by atoms with E-state index in [9.17, 15) is 9.90 Å². The number of ketones is 1. The SMILES string of the molecule is C/C=C(\C=C/C1CCC1C)C(=O)C1CC=CC(C)C=C1O. The minimum Gasteiger partial charge on any atom is -0.512 e. The van der Waals surface area contributed by atoms with Gasteiger partial charge in [0, 0.05) is 5.57 Å². The lowest BCUT2D eigenvalue weighted by Crippen LogP contribution is -2.21. The smallest absolute Gasteiger partial charge is 0.173 e. The quantitative estimate of drug-likeness (QED) is 0.459. The maximum absolute atomic E-state index is 12.6. The van der Waals surface area contributed by atoms with Gasteiger partial charge in [0.15, 0.2) is 5.78 Å². The Morgan fingerprint density at radius 2 is 2.10 bits per heavy atom. The minimum absolute atomic E-state index is 0.0215. The summed E-state index contributed by atoms with van der Waals surface area (Å²) in [6.45, 7) is 6.15. The van der Waals surface area contributed by atoms with Gasteiger partial charge in [-0.2, -0.15) is 0 Å². The standard InChI is InChI=1S/C19H26O2/c1-4-15(10-11-16-9-8-14(16)3)19(21)17-7-5-6-13(2)12-18(17)20/h4-6,10-14,16-17,20H,7-9H2,1-3H3/b11-10-,15-4+. The lowest BCUT2D eigenvalue weighted by atomic mass is 9.74. The van der Waals surface area contributed by atoms with Crippen molar-refractivity contribution >= 4 is 5.78 Å². The molecule has 0 heterocycles. The average Bonchev–Trinajstić information content (AvgIpc) is 2.61. The van der Waals surface area contributed by atoms with Gasteiger partial charge in [-0.05, 0) is 50.0 Å². The third-order valence-corrected chi connectivity index (χ3v) is 4.72. The molecule has 2 heteroatoms. The fourth-order valence-electron chi connectivity index (χ4n) is 2.96. The highest BCUT2D eigenvalue weighted by molar-refractivity contribution is 6.01. The van der Waals surface area contributed by atoms with Crippen LogP contribution >= 0.6 is 0 Å². The molecule has 0 spiro atoms. The number of carbonyl (C=O) groups excluding carboxylic acids is 1. The Morgan fingerprint density at radius 1 is 1.33 bits per heavy atom. The van der Waals surface area contributed by atoms with Crippen LogP contribution in [0.2, 0.25) is 0 Å². The van der Waals surface area contributed by atoms with E-state index in [4.69, 9.17) is 0 Å². The lowest BCUT2D eigenvalue weighted by molar-refractivity contribution is -0.118. The van der Waals surface area contributed by atoms with Crippen LogP contribution in [-0.2, 0) is 4.79 Å². The van der Waals surface area contributed by atoms with Crippen molar-refractivity contribution in [1.82, 2.24) is 0 Å². The van der Waals surface area contributed by atoms with Crippen LogP contribution in [0.1, 0.15) is 40.0 Å². The van der Waals surface area contributed by atoms with E-state index in [2.05, 4.69) is 13.0 Å². The third kappa shape index (κ3) is 3.75. The maximum Gasteiger partial charge on any atom is 0.173 e. The van der Waals surface area contributed by atoms with Crippen molar-refractivity contribution in [3.05, 3.63) is 47.8 Å². The molecule has 0 aromatic heterocycles. The number of aliphatic hydroxyl groups is 1. The third-order valence-electron chi connectivity index (χ3n) is 4.72. The van der Waals surface area contributed by atoms with Gasteiger partial charge in [-0.15, -0.1) is 0 Å². The van der Waals surface area contributed by atoms with E-state index in [0.717, 1.165) is 5.92 Å². The van der Waals surface area contributed by atoms with E-state index >= 15 is 0 Å². The van der Waals surface area contributed by atoms with Crippen LogP contribution < -0.4 is 0 Å². The van der Waals surface area contributed by atoms with Gasteiger partial charge in [-0.25, -0.2) is 0 Å². The zero-order valence-corrected chi connectivity index (χ0v) is 13.3. The van der Waals surface area contributed by atoms with Gasteiger partial charge in [0.1, 0.15) is 0 Å². The summed E-state index contributed by atoms with van der Waals surface area (Å²) in [6, 6.07) is 0. The second kappa shape index (κ2) is 6.93. The molecule has 0 aromatic rings. The highest BCUT2D eigenvalue weighted by Gasteiger charge is 2.27. The molecule has 0 bridgehead atoms. The summed E-state index contributed by atoms with van der Waals surface area (Å²) in [7, 11) is 0. The molecule has 0 amide bonds. The van der Waals surface area contributed by atoms with Gasteiger partial charge in [-0.1, -0.05) is 44.2 Å². The van der Waals surface area contributed by atoms with Crippen LogP contribution in [0.15, 0.2) is 47.8 Å². The second-order valence-electron chi connectivity index (χ2n) is 6.35. The molecule has 1 fully saturated rings. The number of aliphatic hydroxyl groups excluding tert-OH is 1. The van der Waals surface area contributed by atoms with Crippen molar-refractivity contribution in [2.75, 3.05) is 0 Å². The monoisotopic (exact) mass is 286 g/mol. The lowest BCUT2D eigenvalue weighted by Gasteiger charge is -2.31. The molecule has 2 aliphatic rings. The van der Waals surface area contributed by atoms with E-state index in [1.165, 1.54) is 12.8 Å². The predicted molar refractivity (Wildman–Crippen MR) is 86.9 cm³/mol. The molecular formula is C19H26O2. The van der Waals surface area contributed by atoms with Crippen molar-refractivity contribution in [2.24, 2.45) is 23.7 Å². The van der Waals surface area contributed by atoms with Crippen LogP contribution in [0.25, 0.3) is 0 Å². The number of hydrogen-bond donors (Lipinski definition) is 1. The first-order valence-corrected chi connectivity index (χ1v) is 7.99. The molecule has 1 saturated carbocycles. The van der Waals surface area contributed by atoms with E-state index in [1.807, 2.05) is 38.2 Å². The Kier molecular flexibility index (Phi) is 5.22. The van der Waals surface area contributed by atoms with Crippen molar-refractivity contribution in [3.63, 3.8) is 0 Å². The molecule has 0 aliphatic heterocycles. The summed E-state index contributed by atoms with van der Waals surface area (Å²) in [5, 5.41) is 10.2. The summed E-state index contributed by atoms with van der Waals surface area (Å²) in [5.74, 6) is 1.31. The Morgan fingerprint density at radius 3 is 2.67 bits per heavy atom. The zero-order chi connectivity index (χ0) is 15.4. The topological polar surface area (TPSA) is 37.3 Å². The van der Waals surface area contributed by atoms with E-state index in [0.29, 0.717) is 17.9 Å². The number of hydrogen-bond acceptors (Lipinski definition) is 2. The van der Waals surface area contributed by atoms with Crippen molar-refractivity contribution in [2.45, 2.75) is 40.0 Å². The molecule has 0 radical (unpaired) electrons. The average molecular weight is 286 g/mol. The van der Waals surface area contributed by atoms with Gasteiger partial charge >= 0.3 is 0 Å². The molecule has 4 unspecified atom stereocenters. The van der Waals surface area contributed by atoms with Gasteiger partial charge in [0.05, 0.1) is 11.7 Å². The summed E-state index contributed by atoms with van der Waals surface area (Å²) in [6.07, 6.45) is 14.9. The molecule has 114 valence electrons. The first-order chi connectivity index (χ1) is 10.0. The maximum atomic E-state index is 12.6. The molecule has 2 rings (SSSR count). The van der Waals surface area contributed by atoms with Gasteiger partial charge in [0.2, 0.25) is 0 Å². The molecule has 2 nitrogen and oxygen atoms in total. The Labute approximate surface area is 127 Å². The first-order valence-electron chi connectivity index (χ1n) is 7.99. The van der Waals surface area contributed by atoms with E-state index < -0.39 is 5.92 Å². The van der Waals surface area contributed by atoms with Crippen LogP contribution in [0.5, 0.6) is 0 Å². The number of carbonyl (C=O) groups is 1. The fourth-order valence-corrected chi connectivity index (χ4v) is 2.96. The molecular weight excluding hydrogens is 260 g/mol. The highest BCUT2D eigenvalue weighted by atomic mass is 16.3. The first kappa shape index (κ1) is 15.8. The Hall–Kier alpha value is -1.57. The molecule has 4 atom stereocenters. The van der Waals surface area contributed by atoms with E-state index in [1.54, 1.807) is 6.08 Å². The highest BCUT2D eigenvalue weighted by Crippen LogP contribution is 2.35. The van der Waals surface area contributed by atoms with Gasteiger partial charge in [-0.3, -0.25) is 4.79 Å². The normalized spacial score (nSPS) is 33.5. The summed E-state index contributed by atoms with van der Waals surface area (Å²) in [5.41, 5.74) is 0.710. The summed E-state index contributed by atoms with van der Waals surface area (Å²) in [4.78, 5) is 12.6. The van der Waals surface area contributed by atoms with Crippen LogP contribution in [0.4, 0.5) is 0 Å². The van der Waals surface area contributed by atoms with Gasteiger partial charge < -0.3 is 5.11 Å². The van der Waals surface area contributed by atoms with Crippen molar-refractivity contribution in [1.29, 1.82) is 0 Å². The Bertz CT molecular complexity index is 508. The molecule has 1 N–H and O–H groups in total. The second-order valence-corrected chi connectivity index (χ2v) is 6.35. The van der Waals surface area contributed by atoms with Crippen LogP contribution in [0.3, 0.4) is 0 Å². The zero-order valence-electron chi connectivity index (χ0n) is 13.3. The molecule has 21 heavy (non-hydrogen) atoms. The molecule has 0 saturated heterocycles. The van der Waals surface area contributed by atoms with Gasteiger partial charge in [0.25, 0.3) is 0 Å². The minimum atomic E-state index is -0.430. The number of allylic oxidation sites excluding steroid dienone is 8. The summed E-state index contributed by atoms with van der Waals surface area (Å²) < 4.78 is 0.